The molecule has 16 heteroatoms. The van der Waals surface area contributed by atoms with E-state index in [1.165, 1.54) is 17.0 Å². The van der Waals surface area contributed by atoms with Crippen LogP contribution in [-0.4, -0.2) is 75.2 Å². The molecule has 3 aliphatic rings. The molecule has 3 fully saturated rings. The van der Waals surface area contributed by atoms with Crippen LogP contribution in [-0.2, 0) is 31.9 Å². The molecule has 3 saturated heterocycles. The van der Waals surface area contributed by atoms with Crippen molar-refractivity contribution in [2.75, 3.05) is 0 Å². The topological polar surface area (TPSA) is 135 Å². The Labute approximate surface area is 271 Å². The van der Waals surface area contributed by atoms with Gasteiger partial charge in [0.15, 0.2) is 0 Å². The van der Waals surface area contributed by atoms with Crippen LogP contribution in [0, 0.1) is 12.5 Å². The minimum atomic E-state index is -5.08. The SMILES string of the molecule is O=C(O)C(F)(F)F.[C-]#[N+][C@H]1CC[C@@H](C(=O)OCc2ccccc2)N1C(=O)[C@@H](N)C1CC2CCC(C1)N2C(=O)c1ccc(C(F)(F)F)cc1. The third-order valence-corrected chi connectivity index (χ3v) is 8.75. The van der Waals surface area contributed by atoms with Crippen LogP contribution in [0.15, 0.2) is 54.6 Å². The largest absolute Gasteiger partial charge is 0.490 e. The number of esters is 1. The van der Waals surface area contributed by atoms with Crippen LogP contribution >= 0.6 is 0 Å². The van der Waals surface area contributed by atoms with Crippen molar-refractivity contribution in [3.63, 3.8) is 0 Å². The third kappa shape index (κ3) is 8.25. The van der Waals surface area contributed by atoms with Gasteiger partial charge in [-0.1, -0.05) is 30.3 Å². The zero-order chi connectivity index (χ0) is 35.4. The van der Waals surface area contributed by atoms with Gasteiger partial charge in [-0.2, -0.15) is 26.3 Å². The fourth-order valence-corrected chi connectivity index (χ4v) is 6.44. The van der Waals surface area contributed by atoms with Crippen LogP contribution in [0.1, 0.15) is 60.0 Å². The summed E-state index contributed by atoms with van der Waals surface area (Å²) in [5.74, 6) is -4.41. The number of fused-ring (bicyclic) bond motifs is 2. The van der Waals surface area contributed by atoms with Crippen molar-refractivity contribution in [2.45, 2.75) is 87.8 Å². The number of carboxylic acid groups (broad SMARTS) is 1. The van der Waals surface area contributed by atoms with Gasteiger partial charge in [-0.25, -0.2) is 16.2 Å². The summed E-state index contributed by atoms with van der Waals surface area (Å²) < 4.78 is 76.1. The number of carboxylic acids is 1. The number of nitrogens with zero attached hydrogens (tertiary/aromatic N) is 3. The summed E-state index contributed by atoms with van der Waals surface area (Å²) in [5.41, 5.74) is 6.68. The highest BCUT2D eigenvalue weighted by atomic mass is 19.4. The summed E-state index contributed by atoms with van der Waals surface area (Å²) >= 11 is 0. The average Bonchev–Trinajstić information content (AvgIpc) is 3.60. The number of ether oxygens (including phenoxy) is 1. The van der Waals surface area contributed by atoms with E-state index in [9.17, 15) is 40.7 Å². The Kier molecular flexibility index (Phi) is 11.0. The van der Waals surface area contributed by atoms with Crippen LogP contribution in [0.4, 0.5) is 26.3 Å². The molecule has 2 bridgehead atoms. The van der Waals surface area contributed by atoms with Gasteiger partial charge in [0.2, 0.25) is 5.91 Å². The molecule has 3 aliphatic heterocycles. The van der Waals surface area contributed by atoms with Crippen molar-refractivity contribution in [1.29, 1.82) is 0 Å². The molecule has 2 amide bonds. The first-order valence-electron chi connectivity index (χ1n) is 15.0. The minimum Gasteiger partial charge on any atom is -0.475 e. The van der Waals surface area contributed by atoms with Gasteiger partial charge >= 0.3 is 30.5 Å². The number of carbonyl (C=O) groups excluding carboxylic acids is 3. The Morgan fingerprint density at radius 2 is 1.46 bits per heavy atom. The smallest absolute Gasteiger partial charge is 0.475 e. The highest BCUT2D eigenvalue weighted by Crippen LogP contribution is 2.41. The van der Waals surface area contributed by atoms with E-state index in [1.54, 1.807) is 4.90 Å². The number of piperidine rings is 1. The first-order chi connectivity index (χ1) is 22.5. The number of hydrogen-bond donors (Lipinski definition) is 2. The third-order valence-electron chi connectivity index (χ3n) is 8.75. The van der Waals surface area contributed by atoms with Crippen molar-refractivity contribution in [1.82, 2.24) is 9.80 Å². The molecule has 0 radical (unpaired) electrons. The summed E-state index contributed by atoms with van der Waals surface area (Å²) in [6.07, 6.45) is -7.40. The van der Waals surface area contributed by atoms with Crippen LogP contribution in [0.25, 0.3) is 4.85 Å². The Morgan fingerprint density at radius 3 is 1.96 bits per heavy atom. The Morgan fingerprint density at radius 1 is 0.896 bits per heavy atom. The number of benzene rings is 2. The zero-order valence-corrected chi connectivity index (χ0v) is 25.3. The summed E-state index contributed by atoms with van der Waals surface area (Å²) in [6, 6.07) is 11.1. The molecule has 5 atom stereocenters. The predicted octanol–water partition coefficient (Wildman–Crippen LogP) is 5.03. The molecular weight excluding hydrogens is 650 g/mol. The van der Waals surface area contributed by atoms with Crippen LogP contribution < -0.4 is 5.73 Å². The fourth-order valence-electron chi connectivity index (χ4n) is 6.44. The van der Waals surface area contributed by atoms with Crippen LogP contribution in [0.5, 0.6) is 0 Å². The van der Waals surface area contributed by atoms with E-state index in [1.807, 2.05) is 30.3 Å². The van der Waals surface area contributed by atoms with Gasteiger partial charge in [-0.15, -0.1) is 0 Å². The molecule has 2 unspecified atom stereocenters. The molecule has 0 spiro atoms. The number of alkyl halides is 6. The number of carbonyl (C=O) groups is 4. The Bertz CT molecular complexity index is 1510. The maximum Gasteiger partial charge on any atom is 0.490 e. The van der Waals surface area contributed by atoms with Crippen molar-refractivity contribution in [2.24, 2.45) is 11.7 Å². The number of hydrogen-bond acceptors (Lipinski definition) is 6. The maximum absolute atomic E-state index is 13.7. The quantitative estimate of drug-likeness (QED) is 0.248. The van der Waals surface area contributed by atoms with Crippen molar-refractivity contribution in [3.05, 3.63) is 82.7 Å². The van der Waals surface area contributed by atoms with Gasteiger partial charge in [-0.05, 0) is 67.9 Å². The van der Waals surface area contributed by atoms with Crippen molar-refractivity contribution < 1.29 is 55.4 Å². The summed E-state index contributed by atoms with van der Waals surface area (Å²) in [4.78, 5) is 55.4. The number of rotatable bonds is 6. The van der Waals surface area contributed by atoms with E-state index in [-0.39, 0.29) is 36.1 Å². The molecule has 3 heterocycles. The fraction of sp³-hybridized carbons (Fsp3) is 0.469. The van der Waals surface area contributed by atoms with Gasteiger partial charge in [0.1, 0.15) is 12.6 Å². The number of halogens is 6. The predicted molar refractivity (Wildman–Crippen MR) is 155 cm³/mol. The molecule has 10 nitrogen and oxygen atoms in total. The average molecular weight is 683 g/mol. The molecule has 258 valence electrons. The molecule has 2 aromatic rings. The lowest BCUT2D eigenvalue weighted by molar-refractivity contribution is -0.192. The van der Waals surface area contributed by atoms with Gasteiger partial charge < -0.3 is 20.5 Å². The molecule has 0 saturated carbocycles. The first-order valence-corrected chi connectivity index (χ1v) is 15.0. The summed E-state index contributed by atoms with van der Waals surface area (Å²) in [6.45, 7) is 7.64. The lowest BCUT2D eigenvalue weighted by Crippen LogP contribution is -2.57. The van der Waals surface area contributed by atoms with E-state index >= 15 is 0 Å². The molecule has 0 aliphatic carbocycles. The highest BCUT2D eigenvalue weighted by Gasteiger charge is 2.51. The van der Waals surface area contributed by atoms with Gasteiger partial charge in [0.25, 0.3) is 5.91 Å². The molecular formula is C32H32F6N4O6. The minimum absolute atomic E-state index is 0.0573. The molecule has 0 aromatic heterocycles. The normalized spacial score (nSPS) is 24.2. The van der Waals surface area contributed by atoms with E-state index in [2.05, 4.69) is 4.85 Å². The molecule has 2 aromatic carbocycles. The second-order valence-electron chi connectivity index (χ2n) is 11.8. The maximum atomic E-state index is 13.7. The number of amides is 2. The number of likely N-dealkylation sites (tertiary alicyclic amines) is 1. The highest BCUT2D eigenvalue weighted by molar-refractivity contribution is 5.95. The second-order valence-corrected chi connectivity index (χ2v) is 11.8. The first kappa shape index (κ1) is 36.2. The monoisotopic (exact) mass is 682 g/mol. The Hall–Kier alpha value is -4.65. The zero-order valence-electron chi connectivity index (χ0n) is 25.3. The summed E-state index contributed by atoms with van der Waals surface area (Å²) in [5, 5.41) is 7.12. The van der Waals surface area contributed by atoms with Crippen LogP contribution in [0.2, 0.25) is 0 Å². The van der Waals surface area contributed by atoms with Gasteiger partial charge in [0.05, 0.1) is 11.6 Å². The van der Waals surface area contributed by atoms with Crippen molar-refractivity contribution >= 4 is 23.8 Å². The Balaban J connectivity index is 0.000000671. The summed E-state index contributed by atoms with van der Waals surface area (Å²) in [7, 11) is 0. The number of nitrogens with two attached hydrogens (primary N) is 1. The van der Waals surface area contributed by atoms with Gasteiger partial charge in [-0.3, -0.25) is 19.3 Å². The standard InChI is InChI=1S/C30H31F3N4O4.C2HF3O2/c1-35-25-14-13-24(29(40)41-17-18-5-3-2-4-6-18)37(25)28(39)26(34)20-15-22-11-12-23(16-20)36(22)27(38)19-7-9-21(10-8-19)30(31,32)33;3-2(4,5)1(6)7/h2-10,20,22-26H,11-17,34H2;(H,6,7)/t20?,22?,23?,24-,25+,26-;/m0./s1. The van der Waals surface area contributed by atoms with Crippen LogP contribution in [0.3, 0.4) is 0 Å². The van der Waals surface area contributed by atoms with E-state index in [4.69, 9.17) is 26.9 Å². The second kappa shape index (κ2) is 14.6. The molecule has 48 heavy (non-hydrogen) atoms. The number of aliphatic carboxylic acids is 1. The van der Waals surface area contributed by atoms with E-state index in [0.717, 1.165) is 17.7 Å². The van der Waals surface area contributed by atoms with E-state index in [0.29, 0.717) is 38.5 Å². The molecule has 5 rings (SSSR count). The van der Waals surface area contributed by atoms with Crippen molar-refractivity contribution in [3.8, 4) is 0 Å². The lowest BCUT2D eigenvalue weighted by Gasteiger charge is -2.41. The van der Waals surface area contributed by atoms with Gasteiger partial charge in [0, 0.05) is 24.1 Å². The molecule has 3 N–H and O–H groups in total. The lowest BCUT2D eigenvalue weighted by atomic mass is 9.84. The van der Waals surface area contributed by atoms with E-state index < -0.39 is 54.0 Å².